The Labute approximate surface area is 365 Å². The number of likely N-dealkylation sites (N-methyl/N-ethyl adjacent to an activating group) is 2. The molecule has 2 aliphatic heterocycles. The number of piperazine rings is 2. The van der Waals surface area contributed by atoms with E-state index in [1.807, 2.05) is 133 Å². The Bertz CT molecular complexity index is 2280. The average molecular weight is 833 g/mol. The van der Waals surface area contributed by atoms with Crippen LogP contribution in [0.25, 0.3) is 0 Å². The second kappa shape index (κ2) is 22.2. The van der Waals surface area contributed by atoms with Gasteiger partial charge in [0, 0.05) is 77.8 Å². The molecule has 4 heterocycles. The predicted molar refractivity (Wildman–Crippen MR) is 246 cm³/mol. The van der Waals surface area contributed by atoms with Crippen molar-refractivity contribution in [3.05, 3.63) is 168 Å². The number of aromatic nitrogens is 2. The highest BCUT2D eigenvalue weighted by molar-refractivity contribution is 5.94. The molecule has 8 rings (SSSR count). The van der Waals surface area contributed by atoms with Gasteiger partial charge in [-0.3, -0.25) is 9.59 Å². The van der Waals surface area contributed by atoms with E-state index in [0.717, 1.165) is 111 Å². The second-order valence-electron chi connectivity index (χ2n) is 15.5. The average Bonchev–Trinajstić information content (AvgIpc) is 3.31. The van der Waals surface area contributed by atoms with Gasteiger partial charge in [0.15, 0.2) is 0 Å². The monoisotopic (exact) mass is 832 g/mol. The Balaban J connectivity index is 0.000000186. The van der Waals surface area contributed by atoms with Crippen LogP contribution in [0.1, 0.15) is 31.8 Å². The van der Waals surface area contributed by atoms with Crippen LogP contribution in [0.2, 0.25) is 0 Å². The second-order valence-corrected chi connectivity index (χ2v) is 15.5. The van der Waals surface area contributed by atoms with Crippen LogP contribution in [0.5, 0.6) is 23.0 Å². The summed E-state index contributed by atoms with van der Waals surface area (Å²) in [5.41, 5.74) is 3.42. The molecule has 320 valence electrons. The van der Waals surface area contributed by atoms with Crippen LogP contribution in [-0.2, 0) is 12.8 Å². The number of carbonyl (C=O) groups is 2. The molecule has 0 bridgehead atoms. The van der Waals surface area contributed by atoms with Gasteiger partial charge in [-0.25, -0.2) is 9.97 Å². The number of ether oxygens (including phenoxy) is 2. The maximum Gasteiger partial charge on any atom is 0.252 e. The molecular formula is C50H56N8O4. The number of hydrogen-bond acceptors (Lipinski definition) is 10. The van der Waals surface area contributed by atoms with Crippen LogP contribution in [-0.4, -0.2) is 111 Å². The summed E-state index contributed by atoms with van der Waals surface area (Å²) in [6, 6.07) is 42.9. The fourth-order valence-corrected chi connectivity index (χ4v) is 7.07. The maximum atomic E-state index is 12.5. The summed E-state index contributed by atoms with van der Waals surface area (Å²) < 4.78 is 11.7. The predicted octanol–water partition coefficient (Wildman–Crippen LogP) is 7.20. The first kappa shape index (κ1) is 43.3. The summed E-state index contributed by atoms with van der Waals surface area (Å²) in [5, 5.41) is 5.96. The van der Waals surface area contributed by atoms with E-state index in [0.29, 0.717) is 24.2 Å². The van der Waals surface area contributed by atoms with Crippen molar-refractivity contribution < 1.29 is 19.1 Å². The molecule has 0 atom stereocenters. The number of carbonyl (C=O) groups excluding carboxylic acids is 2. The summed E-state index contributed by atoms with van der Waals surface area (Å²) in [7, 11) is 4.26. The highest BCUT2D eigenvalue weighted by Gasteiger charge is 2.17. The first-order chi connectivity index (χ1) is 30.3. The number of hydrogen-bond donors (Lipinski definition) is 2. The lowest BCUT2D eigenvalue weighted by Gasteiger charge is -2.33. The number of rotatable bonds is 14. The van der Waals surface area contributed by atoms with E-state index >= 15 is 0 Å². The molecule has 62 heavy (non-hydrogen) atoms. The fourth-order valence-electron chi connectivity index (χ4n) is 7.07. The van der Waals surface area contributed by atoms with Crippen molar-refractivity contribution in [2.24, 2.45) is 0 Å². The van der Waals surface area contributed by atoms with Crippen molar-refractivity contribution in [1.29, 1.82) is 0 Å². The van der Waals surface area contributed by atoms with Crippen LogP contribution in [0, 0.1) is 0 Å². The minimum Gasteiger partial charge on any atom is -0.457 e. The highest BCUT2D eigenvalue weighted by atomic mass is 16.5. The number of nitrogens with one attached hydrogen (secondary N) is 2. The van der Waals surface area contributed by atoms with Crippen molar-refractivity contribution >= 4 is 23.5 Å². The SMILES string of the molecule is CN1CCN(c2ccc(C(=O)NCCc3ccc(Oc4ccccc4)cc3)cn2)CC1.CN1CCN(c2ccc(C(=O)NCCc3cccc(Oc4ccccc4)c3)cn2)CC1. The third-order valence-electron chi connectivity index (χ3n) is 10.9. The van der Waals surface area contributed by atoms with Crippen LogP contribution >= 0.6 is 0 Å². The van der Waals surface area contributed by atoms with E-state index in [1.54, 1.807) is 12.4 Å². The van der Waals surface area contributed by atoms with E-state index < -0.39 is 0 Å². The molecule has 12 nitrogen and oxygen atoms in total. The molecule has 0 saturated carbocycles. The van der Waals surface area contributed by atoms with E-state index in [2.05, 4.69) is 54.3 Å². The molecule has 0 aliphatic carbocycles. The number of anilines is 2. The van der Waals surface area contributed by atoms with Gasteiger partial charge < -0.3 is 39.7 Å². The molecule has 6 aromatic rings. The first-order valence-electron chi connectivity index (χ1n) is 21.3. The number of benzene rings is 4. The molecule has 2 fully saturated rings. The lowest BCUT2D eigenvalue weighted by Crippen LogP contribution is -2.44. The van der Waals surface area contributed by atoms with Crippen molar-refractivity contribution in [2.45, 2.75) is 12.8 Å². The molecule has 12 heteroatoms. The number of nitrogens with zero attached hydrogens (tertiary/aromatic N) is 6. The Kier molecular flexibility index (Phi) is 15.5. The molecule has 2 saturated heterocycles. The molecule has 0 spiro atoms. The molecule has 2 aromatic heterocycles. The molecule has 2 N–H and O–H groups in total. The fraction of sp³-hybridized carbons (Fsp3) is 0.280. The van der Waals surface area contributed by atoms with Crippen LogP contribution < -0.4 is 29.9 Å². The quantitative estimate of drug-likeness (QED) is 0.117. The Morgan fingerprint density at radius 3 is 1.39 bits per heavy atom. The third-order valence-corrected chi connectivity index (χ3v) is 10.9. The third kappa shape index (κ3) is 13.1. The number of pyridine rings is 2. The van der Waals surface area contributed by atoms with Gasteiger partial charge in [-0.1, -0.05) is 60.7 Å². The Morgan fingerprint density at radius 1 is 0.484 bits per heavy atom. The zero-order valence-corrected chi connectivity index (χ0v) is 35.7. The standard InChI is InChI=1S/2C25H28N4O2/c1-28-14-16-29(17-15-28)24-11-10-21(19-27-24)25(30)26-13-12-20-6-5-9-23(18-20)31-22-7-3-2-4-8-22;1-28-15-17-29(18-16-28)24-12-9-21(19-27-24)25(30)26-14-13-20-7-10-23(11-8-20)31-22-5-3-2-4-6-22/h2-11,18-19H,12-17H2,1H3,(H,26,30);2-12,19H,13-18H2,1H3,(H,26,30). The van der Waals surface area contributed by atoms with Gasteiger partial charge in [0.2, 0.25) is 0 Å². The lowest BCUT2D eigenvalue weighted by atomic mass is 10.1. The van der Waals surface area contributed by atoms with E-state index in [9.17, 15) is 9.59 Å². The van der Waals surface area contributed by atoms with E-state index in [1.165, 1.54) is 0 Å². The zero-order chi connectivity index (χ0) is 42.9. The van der Waals surface area contributed by atoms with Crippen LogP contribution in [0.4, 0.5) is 11.6 Å². The maximum absolute atomic E-state index is 12.5. The summed E-state index contributed by atoms with van der Waals surface area (Å²) in [6.45, 7) is 9.08. The van der Waals surface area contributed by atoms with Crippen molar-refractivity contribution in [2.75, 3.05) is 89.3 Å². The highest BCUT2D eigenvalue weighted by Crippen LogP contribution is 2.23. The van der Waals surface area contributed by atoms with Crippen LogP contribution in [0.3, 0.4) is 0 Å². The number of para-hydroxylation sites is 2. The molecule has 2 aliphatic rings. The summed E-state index contributed by atoms with van der Waals surface area (Å²) in [4.78, 5) is 43.0. The van der Waals surface area contributed by atoms with E-state index in [-0.39, 0.29) is 11.8 Å². The van der Waals surface area contributed by atoms with Crippen molar-refractivity contribution in [1.82, 2.24) is 30.4 Å². The van der Waals surface area contributed by atoms with Gasteiger partial charge in [0.1, 0.15) is 34.6 Å². The lowest BCUT2D eigenvalue weighted by molar-refractivity contribution is 0.0945. The van der Waals surface area contributed by atoms with Crippen LogP contribution in [0.15, 0.2) is 146 Å². The largest absolute Gasteiger partial charge is 0.457 e. The smallest absolute Gasteiger partial charge is 0.252 e. The topological polar surface area (TPSA) is 115 Å². The van der Waals surface area contributed by atoms with Crippen molar-refractivity contribution in [3.63, 3.8) is 0 Å². The number of amides is 2. The van der Waals surface area contributed by atoms with Gasteiger partial charge in [0.05, 0.1) is 11.1 Å². The summed E-state index contributed by atoms with van der Waals surface area (Å²) in [5.74, 6) is 4.87. The van der Waals surface area contributed by atoms with Gasteiger partial charge >= 0.3 is 0 Å². The molecule has 2 amide bonds. The summed E-state index contributed by atoms with van der Waals surface area (Å²) >= 11 is 0. The van der Waals surface area contributed by atoms with Gasteiger partial charge in [-0.15, -0.1) is 0 Å². The molecule has 0 radical (unpaired) electrons. The van der Waals surface area contributed by atoms with Crippen molar-refractivity contribution in [3.8, 4) is 23.0 Å². The first-order valence-corrected chi connectivity index (χ1v) is 21.3. The normalized spacial score (nSPS) is 14.3. The van der Waals surface area contributed by atoms with E-state index in [4.69, 9.17) is 9.47 Å². The van der Waals surface area contributed by atoms with Gasteiger partial charge in [-0.05, 0) is 111 Å². The molecular weight excluding hydrogens is 777 g/mol. The Hall–Kier alpha value is -6.76. The minimum atomic E-state index is -0.103. The molecule has 4 aromatic carbocycles. The molecule has 0 unspecified atom stereocenters. The van der Waals surface area contributed by atoms with Gasteiger partial charge in [-0.2, -0.15) is 0 Å². The Morgan fingerprint density at radius 2 is 0.919 bits per heavy atom. The zero-order valence-electron chi connectivity index (χ0n) is 35.7. The van der Waals surface area contributed by atoms with Gasteiger partial charge in [0.25, 0.3) is 11.8 Å². The minimum absolute atomic E-state index is 0.0959. The summed E-state index contributed by atoms with van der Waals surface area (Å²) in [6.07, 6.45) is 4.81.